The highest BCUT2D eigenvalue weighted by Gasteiger charge is 2.29. The monoisotopic (exact) mass is 358 g/mol. The highest BCUT2D eigenvalue weighted by atomic mass is 16.6. The van der Waals surface area contributed by atoms with Crippen LogP contribution in [-0.4, -0.2) is 47.0 Å². The van der Waals surface area contributed by atoms with E-state index in [1.807, 2.05) is 31.7 Å². The number of fused-ring (bicyclic) bond motifs is 1. The van der Waals surface area contributed by atoms with E-state index in [-0.39, 0.29) is 12.0 Å². The number of nitrogens with zero attached hydrogens (tertiary/aromatic N) is 2. The number of likely N-dealkylation sites (tertiary alicyclic amines) is 1. The summed E-state index contributed by atoms with van der Waals surface area (Å²) in [5.41, 5.74) is 2.17. The van der Waals surface area contributed by atoms with Crippen LogP contribution in [0.2, 0.25) is 0 Å². The Bertz CT molecular complexity index is 657. The topological polar surface area (TPSA) is 49.9 Å². The molecule has 0 atom stereocenters. The minimum absolute atomic E-state index is 0.241. The first-order chi connectivity index (χ1) is 12.3. The van der Waals surface area contributed by atoms with Crippen molar-refractivity contribution in [3.8, 4) is 0 Å². The van der Waals surface area contributed by atoms with Gasteiger partial charge in [0, 0.05) is 32.6 Å². The van der Waals surface area contributed by atoms with E-state index in [0.29, 0.717) is 25.4 Å². The number of hydrogen-bond donors (Lipinski definition) is 0. The summed E-state index contributed by atoms with van der Waals surface area (Å²) in [6.45, 7) is 8.54. The van der Waals surface area contributed by atoms with Crippen LogP contribution in [0.1, 0.15) is 51.2 Å². The molecule has 0 radical (unpaired) electrons. The zero-order chi connectivity index (χ0) is 18.7. The number of ether oxygens (including phenoxy) is 1. The Morgan fingerprint density at radius 1 is 1.04 bits per heavy atom. The lowest BCUT2D eigenvalue weighted by atomic mass is 9.92. The first-order valence-corrected chi connectivity index (χ1v) is 9.64. The molecular weight excluding hydrogens is 328 g/mol. The molecule has 1 fully saturated rings. The second-order valence-corrected chi connectivity index (χ2v) is 8.45. The van der Waals surface area contributed by atoms with E-state index in [2.05, 4.69) is 18.2 Å². The molecule has 1 aromatic carbocycles. The average Bonchev–Trinajstić information content (AvgIpc) is 2.60. The van der Waals surface area contributed by atoms with Crippen LogP contribution in [0.3, 0.4) is 0 Å². The van der Waals surface area contributed by atoms with Gasteiger partial charge in [-0.05, 0) is 57.1 Å². The van der Waals surface area contributed by atoms with E-state index < -0.39 is 5.60 Å². The minimum atomic E-state index is -0.464. The van der Waals surface area contributed by atoms with Crippen molar-refractivity contribution in [2.24, 2.45) is 5.92 Å². The molecule has 26 heavy (non-hydrogen) atoms. The molecule has 2 aliphatic rings. The van der Waals surface area contributed by atoms with Gasteiger partial charge in [0.25, 0.3) is 0 Å². The Labute approximate surface area is 156 Å². The zero-order valence-corrected chi connectivity index (χ0v) is 16.2. The number of amides is 2. The molecule has 3 rings (SSSR count). The van der Waals surface area contributed by atoms with Crippen molar-refractivity contribution >= 4 is 12.0 Å². The summed E-state index contributed by atoms with van der Waals surface area (Å²) in [6, 6.07) is 8.38. The summed E-state index contributed by atoms with van der Waals surface area (Å²) in [4.78, 5) is 28.6. The van der Waals surface area contributed by atoms with E-state index in [4.69, 9.17) is 4.74 Å². The molecule has 0 spiro atoms. The largest absolute Gasteiger partial charge is 0.444 e. The Morgan fingerprint density at radius 2 is 1.69 bits per heavy atom. The average molecular weight is 358 g/mol. The van der Waals surface area contributed by atoms with Crippen LogP contribution >= 0.6 is 0 Å². The lowest BCUT2D eigenvalue weighted by Gasteiger charge is -2.35. The summed E-state index contributed by atoms with van der Waals surface area (Å²) >= 11 is 0. The van der Waals surface area contributed by atoms with Gasteiger partial charge >= 0.3 is 6.09 Å². The standard InChI is InChI=1S/C21H30N2O3/c1-21(2,3)26-20(25)22-11-8-16(9-12-22)14-19(24)23-13-10-17-6-4-5-7-18(17)15-23/h4-7,16H,8-15H2,1-3H3. The maximum absolute atomic E-state index is 12.7. The molecule has 2 heterocycles. The van der Waals surface area contributed by atoms with Crippen molar-refractivity contribution in [1.29, 1.82) is 0 Å². The van der Waals surface area contributed by atoms with Gasteiger partial charge in [-0.1, -0.05) is 24.3 Å². The normalized spacial score (nSPS) is 18.4. The first-order valence-electron chi connectivity index (χ1n) is 9.64. The SMILES string of the molecule is CC(C)(C)OC(=O)N1CCC(CC(=O)N2CCc3ccccc3C2)CC1. The van der Waals surface area contributed by atoms with E-state index >= 15 is 0 Å². The summed E-state index contributed by atoms with van der Waals surface area (Å²) in [5.74, 6) is 0.605. The highest BCUT2D eigenvalue weighted by molar-refractivity contribution is 5.77. The number of piperidine rings is 1. The van der Waals surface area contributed by atoms with Crippen molar-refractivity contribution in [1.82, 2.24) is 9.80 Å². The predicted molar refractivity (Wildman–Crippen MR) is 101 cm³/mol. The molecule has 0 aromatic heterocycles. The second kappa shape index (κ2) is 7.68. The van der Waals surface area contributed by atoms with Crippen molar-refractivity contribution in [2.75, 3.05) is 19.6 Å². The zero-order valence-electron chi connectivity index (χ0n) is 16.2. The molecule has 5 heteroatoms. The van der Waals surface area contributed by atoms with Gasteiger partial charge in [-0.2, -0.15) is 0 Å². The Kier molecular flexibility index (Phi) is 5.54. The maximum atomic E-state index is 12.7. The van der Waals surface area contributed by atoms with Gasteiger partial charge in [-0.3, -0.25) is 4.79 Å². The number of benzene rings is 1. The van der Waals surface area contributed by atoms with Crippen LogP contribution in [0.25, 0.3) is 0 Å². The fourth-order valence-corrected chi connectivity index (χ4v) is 3.73. The smallest absolute Gasteiger partial charge is 0.410 e. The van der Waals surface area contributed by atoms with E-state index in [9.17, 15) is 9.59 Å². The molecular formula is C21H30N2O3. The van der Waals surface area contributed by atoms with Crippen LogP contribution in [0.4, 0.5) is 4.79 Å². The number of hydrogen-bond acceptors (Lipinski definition) is 3. The number of carbonyl (C=O) groups excluding carboxylic acids is 2. The molecule has 0 unspecified atom stereocenters. The third-order valence-electron chi connectivity index (χ3n) is 5.21. The van der Waals surface area contributed by atoms with Crippen molar-refractivity contribution in [3.63, 3.8) is 0 Å². The van der Waals surface area contributed by atoms with Gasteiger partial charge in [0.2, 0.25) is 5.91 Å². The Balaban J connectivity index is 1.46. The predicted octanol–water partition coefficient (Wildman–Crippen LogP) is 3.61. The first kappa shape index (κ1) is 18.7. The third-order valence-corrected chi connectivity index (χ3v) is 5.21. The Hall–Kier alpha value is -2.04. The van der Waals surface area contributed by atoms with Crippen LogP contribution in [0, 0.1) is 5.92 Å². The van der Waals surface area contributed by atoms with E-state index in [0.717, 1.165) is 32.4 Å². The summed E-state index contributed by atoms with van der Waals surface area (Å²) < 4.78 is 5.43. The van der Waals surface area contributed by atoms with Gasteiger partial charge in [0.15, 0.2) is 0 Å². The fourth-order valence-electron chi connectivity index (χ4n) is 3.73. The molecule has 0 bridgehead atoms. The van der Waals surface area contributed by atoms with Gasteiger partial charge in [0.1, 0.15) is 5.60 Å². The number of rotatable bonds is 2. The molecule has 5 nitrogen and oxygen atoms in total. The molecule has 142 valence electrons. The summed E-state index contributed by atoms with van der Waals surface area (Å²) in [5, 5.41) is 0. The van der Waals surface area contributed by atoms with Crippen molar-refractivity contribution < 1.29 is 14.3 Å². The van der Waals surface area contributed by atoms with Gasteiger partial charge in [0.05, 0.1) is 0 Å². The highest BCUT2D eigenvalue weighted by Crippen LogP contribution is 2.25. The molecule has 2 amide bonds. The molecule has 0 N–H and O–H groups in total. The number of carbonyl (C=O) groups is 2. The summed E-state index contributed by atoms with van der Waals surface area (Å²) in [7, 11) is 0. The second-order valence-electron chi connectivity index (χ2n) is 8.45. The van der Waals surface area contributed by atoms with Gasteiger partial charge in [-0.25, -0.2) is 4.79 Å². The molecule has 0 saturated carbocycles. The van der Waals surface area contributed by atoms with Crippen LogP contribution in [0.5, 0.6) is 0 Å². The minimum Gasteiger partial charge on any atom is -0.444 e. The Morgan fingerprint density at radius 3 is 2.35 bits per heavy atom. The molecule has 2 aliphatic heterocycles. The fraction of sp³-hybridized carbons (Fsp3) is 0.619. The maximum Gasteiger partial charge on any atom is 0.410 e. The van der Waals surface area contributed by atoms with Gasteiger partial charge in [-0.15, -0.1) is 0 Å². The van der Waals surface area contributed by atoms with Crippen molar-refractivity contribution in [3.05, 3.63) is 35.4 Å². The quantitative estimate of drug-likeness (QED) is 0.811. The third kappa shape index (κ3) is 4.77. The van der Waals surface area contributed by atoms with Gasteiger partial charge < -0.3 is 14.5 Å². The summed E-state index contributed by atoms with van der Waals surface area (Å²) in [6.07, 6.45) is 3.03. The lowest BCUT2D eigenvalue weighted by molar-refractivity contribution is -0.133. The van der Waals surface area contributed by atoms with Crippen LogP contribution in [-0.2, 0) is 22.5 Å². The van der Waals surface area contributed by atoms with E-state index in [1.165, 1.54) is 11.1 Å². The van der Waals surface area contributed by atoms with Crippen LogP contribution in [0.15, 0.2) is 24.3 Å². The lowest BCUT2D eigenvalue weighted by Crippen LogP contribution is -2.43. The van der Waals surface area contributed by atoms with Crippen molar-refractivity contribution in [2.45, 2.75) is 58.6 Å². The molecule has 1 saturated heterocycles. The molecule has 0 aliphatic carbocycles. The van der Waals surface area contributed by atoms with E-state index in [1.54, 1.807) is 4.90 Å². The van der Waals surface area contributed by atoms with Crippen LogP contribution < -0.4 is 0 Å². The molecule has 1 aromatic rings.